The number of likely N-dealkylation sites (tertiary alicyclic amines) is 1. The average Bonchev–Trinajstić information content (AvgIpc) is 3.77. The molecule has 314 valence electrons. The van der Waals surface area contributed by atoms with E-state index in [2.05, 4.69) is 25.8 Å². The molecule has 9 rings (SSSR count). The van der Waals surface area contributed by atoms with Crippen molar-refractivity contribution in [2.24, 2.45) is 17.3 Å². The van der Waals surface area contributed by atoms with E-state index in [0.29, 0.717) is 46.5 Å². The molecule has 2 aromatic heterocycles. The number of fused-ring (bicyclic) bond motifs is 2. The van der Waals surface area contributed by atoms with Crippen molar-refractivity contribution < 1.29 is 37.5 Å². The maximum atomic E-state index is 13.5. The molecule has 2 aliphatic carbocycles. The van der Waals surface area contributed by atoms with Gasteiger partial charge in [-0.05, 0) is 118 Å². The Bertz CT molecular complexity index is 2360. The first-order chi connectivity index (χ1) is 29.0. The lowest BCUT2D eigenvalue weighted by molar-refractivity contribution is -0.136. The summed E-state index contributed by atoms with van der Waals surface area (Å²) in [6.45, 7) is 4.00. The van der Waals surface area contributed by atoms with Gasteiger partial charge >= 0.3 is 0 Å². The van der Waals surface area contributed by atoms with Gasteiger partial charge in [0.25, 0.3) is 24.1 Å². The van der Waals surface area contributed by atoms with Crippen molar-refractivity contribution in [1.82, 2.24) is 29.9 Å². The molecular weight excluding hydrogens is 775 g/mol. The number of amides is 5. The minimum absolute atomic E-state index is 0.0852. The zero-order chi connectivity index (χ0) is 41.7. The van der Waals surface area contributed by atoms with Crippen molar-refractivity contribution in [3.63, 3.8) is 0 Å². The number of piperidine rings is 2. The number of halogens is 2. The zero-order valence-electron chi connectivity index (χ0n) is 33.4. The summed E-state index contributed by atoms with van der Waals surface area (Å²) in [4.78, 5) is 71.2. The lowest BCUT2D eigenvalue weighted by Crippen LogP contribution is -2.54. The summed E-state index contributed by atoms with van der Waals surface area (Å²) in [6.07, 6.45) is 8.35. The molecule has 2 aromatic carbocycles. The van der Waals surface area contributed by atoms with Gasteiger partial charge in [-0.3, -0.25) is 38.9 Å². The van der Waals surface area contributed by atoms with E-state index < -0.39 is 47.7 Å². The van der Waals surface area contributed by atoms with Gasteiger partial charge in [0.1, 0.15) is 23.2 Å². The largest absolute Gasteiger partial charge is 0.494 e. The molecule has 5 heterocycles. The van der Waals surface area contributed by atoms with Crippen molar-refractivity contribution in [3.05, 3.63) is 77.2 Å². The fourth-order valence-corrected chi connectivity index (χ4v) is 10.2. The highest BCUT2D eigenvalue weighted by atomic mass is 19.3. The fraction of sp³-hybridized carbons (Fsp3) is 0.477. The van der Waals surface area contributed by atoms with E-state index >= 15 is 0 Å². The number of aromatic nitrogens is 3. The molecular formula is C44H48F2N8O6. The van der Waals surface area contributed by atoms with Gasteiger partial charge in [-0.1, -0.05) is 12.1 Å². The van der Waals surface area contributed by atoms with Gasteiger partial charge in [0.2, 0.25) is 11.8 Å². The Morgan fingerprint density at radius 1 is 0.950 bits per heavy atom. The number of alkyl halides is 2. The lowest BCUT2D eigenvalue weighted by Gasteiger charge is -2.53. The van der Waals surface area contributed by atoms with Crippen molar-refractivity contribution in [2.75, 3.05) is 43.9 Å². The normalized spacial score (nSPS) is 23.2. The van der Waals surface area contributed by atoms with E-state index in [-0.39, 0.29) is 30.1 Å². The van der Waals surface area contributed by atoms with Crippen molar-refractivity contribution >= 4 is 51.8 Å². The van der Waals surface area contributed by atoms with Crippen LogP contribution in [0.4, 0.5) is 20.2 Å². The van der Waals surface area contributed by atoms with E-state index in [9.17, 15) is 32.8 Å². The van der Waals surface area contributed by atoms with Crippen LogP contribution < -0.4 is 20.7 Å². The third-order valence-electron chi connectivity index (χ3n) is 13.4. The number of rotatable bonds is 11. The number of nitrogens with zero attached hydrogens (tertiary/aromatic N) is 5. The molecule has 14 nitrogen and oxygen atoms in total. The van der Waals surface area contributed by atoms with Gasteiger partial charge in [-0.15, -0.1) is 0 Å². The van der Waals surface area contributed by atoms with Crippen LogP contribution in [0.25, 0.3) is 10.9 Å². The van der Waals surface area contributed by atoms with E-state index in [1.807, 2.05) is 16.9 Å². The van der Waals surface area contributed by atoms with Crippen LogP contribution in [0.1, 0.15) is 114 Å². The molecule has 1 spiro atoms. The van der Waals surface area contributed by atoms with E-state index in [0.717, 1.165) is 74.0 Å². The molecule has 5 amide bonds. The van der Waals surface area contributed by atoms with Crippen LogP contribution in [-0.2, 0) is 9.59 Å². The van der Waals surface area contributed by atoms with Gasteiger partial charge in [0.05, 0.1) is 35.5 Å². The monoisotopic (exact) mass is 822 g/mol. The van der Waals surface area contributed by atoms with Gasteiger partial charge in [0, 0.05) is 42.8 Å². The van der Waals surface area contributed by atoms with E-state index in [1.54, 1.807) is 24.3 Å². The summed E-state index contributed by atoms with van der Waals surface area (Å²) in [7, 11) is 1.50. The number of carbonyl (C=O) groups is 5. The SMILES string of the molecule is COc1cc2nn([C@H]3CC[C@H](CN4CCC5(CC4)CC(CNc4cccc6c4C(=O)N(C4CCC(=O)NC4=O)C6=O)C5)CC3)cc2cc1NC(=O)c1cccc(C(F)F)n1. The predicted molar refractivity (Wildman–Crippen MR) is 217 cm³/mol. The predicted octanol–water partition coefficient (Wildman–Crippen LogP) is 6.37. The first kappa shape index (κ1) is 39.7. The molecule has 1 unspecified atom stereocenters. The number of anilines is 2. The summed E-state index contributed by atoms with van der Waals surface area (Å²) in [5, 5.41) is 14.2. The third kappa shape index (κ3) is 7.61. The standard InChI is InChI=1S/C44H48F2N8O6/c1-60-36-19-33-27(18-34(36)49-40(56)32-7-3-6-31(48-32)39(45)46)24-53(51-33)28-10-8-25(9-11-28)23-52-16-14-44(15-17-52)20-26(21-44)22-47-30-5-2-4-29-38(30)43(59)54(42(29)58)35-12-13-37(55)50-41(35)57/h2-7,18-19,24-26,28,35,39,47H,8-17,20-23H2,1H3,(H,49,56)(H,50,55,57)/t25-,28-,35?. The number of pyridine rings is 1. The molecule has 0 radical (unpaired) electrons. The molecule has 3 aliphatic heterocycles. The summed E-state index contributed by atoms with van der Waals surface area (Å²) < 4.78 is 33.9. The Labute approximate surface area is 345 Å². The van der Waals surface area contributed by atoms with Crippen molar-refractivity contribution in [1.29, 1.82) is 0 Å². The van der Waals surface area contributed by atoms with Crippen LogP contribution in [-0.4, -0.2) is 93.4 Å². The zero-order valence-corrected chi connectivity index (χ0v) is 33.4. The highest BCUT2D eigenvalue weighted by molar-refractivity contribution is 6.25. The highest BCUT2D eigenvalue weighted by Crippen LogP contribution is 2.53. The Balaban J connectivity index is 0.731. The number of methoxy groups -OCH3 is 1. The maximum absolute atomic E-state index is 13.5. The second kappa shape index (κ2) is 16.0. The average molecular weight is 823 g/mol. The fourth-order valence-electron chi connectivity index (χ4n) is 10.2. The van der Waals surface area contributed by atoms with Crippen LogP contribution in [0, 0.1) is 17.3 Å². The smallest absolute Gasteiger partial charge is 0.280 e. The maximum Gasteiger partial charge on any atom is 0.280 e. The highest BCUT2D eigenvalue weighted by Gasteiger charge is 2.47. The Morgan fingerprint density at radius 3 is 2.45 bits per heavy atom. The van der Waals surface area contributed by atoms with E-state index in [4.69, 9.17) is 9.84 Å². The molecule has 2 saturated heterocycles. The van der Waals surface area contributed by atoms with Crippen molar-refractivity contribution in [3.8, 4) is 5.75 Å². The van der Waals surface area contributed by atoms with E-state index in [1.165, 1.54) is 38.2 Å². The Kier molecular flexibility index (Phi) is 10.6. The number of imide groups is 2. The lowest BCUT2D eigenvalue weighted by atomic mass is 9.57. The summed E-state index contributed by atoms with van der Waals surface area (Å²) in [5.41, 5.74) is 2.15. The first-order valence-corrected chi connectivity index (χ1v) is 20.9. The summed E-state index contributed by atoms with van der Waals surface area (Å²) in [6, 6.07) is 12.0. The van der Waals surface area contributed by atoms with Gasteiger partial charge < -0.3 is 20.3 Å². The number of carbonyl (C=O) groups excluding carboxylic acids is 5. The minimum atomic E-state index is -2.78. The van der Waals surface area contributed by atoms with Crippen LogP contribution in [0.5, 0.6) is 5.75 Å². The molecule has 1 atom stereocenters. The van der Waals surface area contributed by atoms with Crippen molar-refractivity contribution in [2.45, 2.75) is 82.7 Å². The number of ether oxygens (including phenoxy) is 1. The topological polar surface area (TPSA) is 168 Å². The summed E-state index contributed by atoms with van der Waals surface area (Å²) >= 11 is 0. The number of nitrogens with one attached hydrogen (secondary N) is 3. The molecule has 16 heteroatoms. The minimum Gasteiger partial charge on any atom is -0.494 e. The van der Waals surface area contributed by atoms with Gasteiger partial charge in [-0.25, -0.2) is 13.8 Å². The number of hydrogen-bond donors (Lipinski definition) is 3. The molecule has 60 heavy (non-hydrogen) atoms. The quantitative estimate of drug-likeness (QED) is 0.145. The van der Waals surface area contributed by atoms with Crippen LogP contribution in [0.3, 0.4) is 0 Å². The van der Waals surface area contributed by atoms with Gasteiger partial charge in [0.15, 0.2) is 0 Å². The van der Waals surface area contributed by atoms with Crippen LogP contribution in [0.2, 0.25) is 0 Å². The molecule has 4 aromatic rings. The molecule has 3 N–H and O–H groups in total. The second-order valence-corrected chi connectivity index (χ2v) is 17.2. The van der Waals surface area contributed by atoms with Crippen LogP contribution in [0.15, 0.2) is 54.7 Å². The Hall–Kier alpha value is -5.77. The number of hydrogen-bond acceptors (Lipinski definition) is 10. The summed E-state index contributed by atoms with van der Waals surface area (Å²) in [5.74, 6) is -1.08. The van der Waals surface area contributed by atoms with Gasteiger partial charge in [-0.2, -0.15) is 5.10 Å². The molecule has 4 fully saturated rings. The molecule has 2 saturated carbocycles. The Morgan fingerprint density at radius 2 is 1.72 bits per heavy atom. The number of benzene rings is 2. The molecule has 0 bridgehead atoms. The first-order valence-electron chi connectivity index (χ1n) is 20.9. The van der Waals surface area contributed by atoms with Crippen LogP contribution >= 0.6 is 0 Å². The third-order valence-corrected chi connectivity index (χ3v) is 13.4. The molecule has 5 aliphatic rings. The second-order valence-electron chi connectivity index (χ2n) is 17.2.